The summed E-state index contributed by atoms with van der Waals surface area (Å²) in [6, 6.07) is 1.75. The number of hydrogen-bond acceptors (Lipinski definition) is 2. The van der Waals surface area contributed by atoms with Crippen LogP contribution in [0.5, 0.6) is 0 Å². The van der Waals surface area contributed by atoms with E-state index in [0.717, 1.165) is 5.11 Å². The van der Waals surface area contributed by atoms with Crippen molar-refractivity contribution in [3.05, 3.63) is 0 Å². The minimum absolute atomic E-state index is 0.521. The number of hydrogen-bond donors (Lipinski definition) is 2. The summed E-state index contributed by atoms with van der Waals surface area (Å²) < 4.78 is 0. The first-order valence-corrected chi connectivity index (χ1v) is 8.31. The lowest BCUT2D eigenvalue weighted by Crippen LogP contribution is -2.54. The van der Waals surface area contributed by atoms with Crippen molar-refractivity contribution in [2.75, 3.05) is 14.1 Å². The molecule has 0 spiro atoms. The number of rotatable bonds is 3. The van der Waals surface area contributed by atoms with Crippen LogP contribution in [0, 0.1) is 0 Å². The molecule has 0 aromatic rings. The third-order valence-electron chi connectivity index (χ3n) is 4.65. The summed E-state index contributed by atoms with van der Waals surface area (Å²) in [5, 5.41) is 7.98. The van der Waals surface area contributed by atoms with Crippen LogP contribution < -0.4 is 10.6 Å². The van der Waals surface area contributed by atoms with Crippen molar-refractivity contribution < 1.29 is 0 Å². The van der Waals surface area contributed by atoms with Gasteiger partial charge in [-0.25, -0.2) is 0 Å². The van der Waals surface area contributed by atoms with Crippen LogP contribution in [-0.2, 0) is 0 Å². The van der Waals surface area contributed by atoms with Crippen molar-refractivity contribution in [3.8, 4) is 0 Å². The Morgan fingerprint density at radius 2 is 1.53 bits per heavy atom. The smallest absolute Gasteiger partial charge is 0.166 e. The lowest BCUT2D eigenvalue weighted by atomic mass is 9.89. The molecule has 2 fully saturated rings. The lowest BCUT2D eigenvalue weighted by Gasteiger charge is -2.37. The van der Waals surface area contributed by atoms with Gasteiger partial charge in [0.25, 0.3) is 0 Å². The average Bonchev–Trinajstić information content (AvgIpc) is 2.40. The Bertz CT molecular complexity index is 287. The van der Waals surface area contributed by atoms with Crippen molar-refractivity contribution >= 4 is 17.3 Å². The molecule has 0 unspecified atom stereocenters. The predicted octanol–water partition coefficient (Wildman–Crippen LogP) is 2.66. The summed E-state index contributed by atoms with van der Waals surface area (Å²) in [4.78, 5) is 2.35. The van der Waals surface area contributed by atoms with Crippen molar-refractivity contribution in [1.29, 1.82) is 0 Å². The van der Waals surface area contributed by atoms with Gasteiger partial charge in [-0.05, 0) is 52.0 Å². The Labute approximate surface area is 123 Å². The van der Waals surface area contributed by atoms with E-state index >= 15 is 0 Å². The Hall–Kier alpha value is -0.350. The second-order valence-corrected chi connectivity index (χ2v) is 6.78. The van der Waals surface area contributed by atoms with E-state index in [1.165, 1.54) is 57.8 Å². The van der Waals surface area contributed by atoms with Crippen LogP contribution >= 0.6 is 12.2 Å². The molecule has 0 aliphatic heterocycles. The van der Waals surface area contributed by atoms with Gasteiger partial charge in [-0.1, -0.05) is 32.1 Å². The molecule has 19 heavy (non-hydrogen) atoms. The summed E-state index contributed by atoms with van der Waals surface area (Å²) in [6.45, 7) is 0. The third-order valence-corrected chi connectivity index (χ3v) is 4.89. The average molecular weight is 283 g/mol. The fourth-order valence-electron chi connectivity index (χ4n) is 3.54. The highest BCUT2D eigenvalue weighted by atomic mass is 32.1. The molecule has 2 aliphatic rings. The molecule has 0 heterocycles. The quantitative estimate of drug-likeness (QED) is 0.779. The number of thiocarbonyl (C=S) groups is 1. The van der Waals surface area contributed by atoms with Crippen LogP contribution in [0.3, 0.4) is 0 Å². The molecule has 4 heteroatoms. The van der Waals surface area contributed by atoms with E-state index in [-0.39, 0.29) is 0 Å². The molecule has 2 rings (SSSR count). The fraction of sp³-hybridized carbons (Fsp3) is 0.933. The highest BCUT2D eigenvalue weighted by molar-refractivity contribution is 7.80. The Morgan fingerprint density at radius 1 is 0.895 bits per heavy atom. The van der Waals surface area contributed by atoms with E-state index < -0.39 is 0 Å². The fourth-order valence-corrected chi connectivity index (χ4v) is 3.86. The topological polar surface area (TPSA) is 27.3 Å². The highest BCUT2D eigenvalue weighted by Gasteiger charge is 2.27. The maximum Gasteiger partial charge on any atom is 0.166 e. The van der Waals surface area contributed by atoms with E-state index in [4.69, 9.17) is 12.2 Å². The molecule has 0 aromatic carbocycles. The first kappa shape index (κ1) is 15.0. The molecule has 2 aliphatic carbocycles. The standard InChI is InChI=1S/C15H29N3S/c1-18(2)14-11-7-6-10-13(14)17-15(19)16-12-8-4-3-5-9-12/h12-14H,3-11H2,1-2H3,(H2,16,17,19)/t13-,14-/m1/s1. The monoisotopic (exact) mass is 283 g/mol. The molecule has 0 radical (unpaired) electrons. The first-order chi connectivity index (χ1) is 9.16. The SMILES string of the molecule is CN(C)[C@@H]1CCCC[C@H]1NC(=S)NC1CCCCC1. The maximum atomic E-state index is 5.51. The zero-order valence-corrected chi connectivity index (χ0v) is 13.3. The molecule has 3 nitrogen and oxygen atoms in total. The van der Waals surface area contributed by atoms with Gasteiger partial charge in [-0.2, -0.15) is 0 Å². The Balaban J connectivity index is 1.79. The number of nitrogens with zero attached hydrogens (tertiary/aromatic N) is 1. The van der Waals surface area contributed by atoms with Crippen LogP contribution in [-0.4, -0.2) is 42.2 Å². The lowest BCUT2D eigenvalue weighted by molar-refractivity contribution is 0.189. The van der Waals surface area contributed by atoms with Crippen molar-refractivity contribution in [3.63, 3.8) is 0 Å². The number of nitrogens with one attached hydrogen (secondary N) is 2. The molecule has 2 saturated carbocycles. The van der Waals surface area contributed by atoms with Gasteiger partial charge < -0.3 is 15.5 Å². The van der Waals surface area contributed by atoms with Crippen LogP contribution in [0.25, 0.3) is 0 Å². The van der Waals surface area contributed by atoms with Gasteiger partial charge in [0.2, 0.25) is 0 Å². The minimum Gasteiger partial charge on any atom is -0.360 e. The Morgan fingerprint density at radius 3 is 2.21 bits per heavy atom. The molecular weight excluding hydrogens is 254 g/mol. The third kappa shape index (κ3) is 4.60. The van der Waals surface area contributed by atoms with Gasteiger partial charge >= 0.3 is 0 Å². The molecular formula is C15H29N3S. The van der Waals surface area contributed by atoms with Gasteiger partial charge in [0.1, 0.15) is 0 Å². The van der Waals surface area contributed by atoms with Gasteiger partial charge in [0.15, 0.2) is 5.11 Å². The summed E-state index contributed by atoms with van der Waals surface area (Å²) >= 11 is 5.51. The second-order valence-electron chi connectivity index (χ2n) is 6.37. The van der Waals surface area contributed by atoms with Gasteiger partial charge in [-0.3, -0.25) is 0 Å². The summed E-state index contributed by atoms with van der Waals surface area (Å²) in [5.74, 6) is 0. The first-order valence-electron chi connectivity index (χ1n) is 7.90. The van der Waals surface area contributed by atoms with Gasteiger partial charge in [0.05, 0.1) is 0 Å². The summed E-state index contributed by atoms with van der Waals surface area (Å²) in [7, 11) is 4.37. The number of likely N-dealkylation sites (N-methyl/N-ethyl adjacent to an activating group) is 1. The Kier molecular flexibility index (Phi) is 5.89. The largest absolute Gasteiger partial charge is 0.360 e. The van der Waals surface area contributed by atoms with Crippen LogP contribution in [0.1, 0.15) is 57.8 Å². The molecule has 0 bridgehead atoms. The van der Waals surface area contributed by atoms with E-state index in [1.807, 2.05) is 0 Å². The molecule has 0 aromatic heterocycles. The zero-order chi connectivity index (χ0) is 13.7. The van der Waals surface area contributed by atoms with Crippen LogP contribution in [0.2, 0.25) is 0 Å². The molecule has 0 saturated heterocycles. The van der Waals surface area contributed by atoms with E-state index in [2.05, 4.69) is 29.6 Å². The van der Waals surface area contributed by atoms with E-state index in [9.17, 15) is 0 Å². The molecule has 110 valence electrons. The highest BCUT2D eigenvalue weighted by Crippen LogP contribution is 2.22. The van der Waals surface area contributed by atoms with Gasteiger partial charge in [-0.15, -0.1) is 0 Å². The van der Waals surface area contributed by atoms with E-state index in [0.29, 0.717) is 18.1 Å². The molecule has 2 N–H and O–H groups in total. The normalized spacial score (nSPS) is 29.2. The molecule has 0 amide bonds. The van der Waals surface area contributed by atoms with Crippen molar-refractivity contribution in [2.45, 2.75) is 75.9 Å². The van der Waals surface area contributed by atoms with Crippen LogP contribution in [0.4, 0.5) is 0 Å². The summed E-state index contributed by atoms with van der Waals surface area (Å²) in [6.07, 6.45) is 11.9. The minimum atomic E-state index is 0.521. The zero-order valence-electron chi connectivity index (χ0n) is 12.5. The summed E-state index contributed by atoms with van der Waals surface area (Å²) in [5.41, 5.74) is 0. The molecule has 2 atom stereocenters. The second kappa shape index (κ2) is 7.44. The van der Waals surface area contributed by atoms with E-state index in [1.54, 1.807) is 0 Å². The maximum absolute atomic E-state index is 5.51. The van der Waals surface area contributed by atoms with Crippen LogP contribution in [0.15, 0.2) is 0 Å². The van der Waals surface area contributed by atoms with Crippen molar-refractivity contribution in [1.82, 2.24) is 15.5 Å². The van der Waals surface area contributed by atoms with Gasteiger partial charge in [0, 0.05) is 18.1 Å². The predicted molar refractivity (Wildman–Crippen MR) is 85.5 cm³/mol. The van der Waals surface area contributed by atoms with Crippen molar-refractivity contribution in [2.24, 2.45) is 0 Å².